The SMILES string of the molecule is COc1ccc(CN2CCN(Cc3nc4ccccc4[nH]3)CC2=O)cc1. The number of rotatable bonds is 5. The van der Waals surface area contributed by atoms with E-state index in [-0.39, 0.29) is 5.91 Å². The van der Waals surface area contributed by atoms with Gasteiger partial charge in [-0.2, -0.15) is 0 Å². The molecule has 3 aromatic rings. The number of H-pyrrole nitrogens is 1. The van der Waals surface area contributed by atoms with Crippen molar-refractivity contribution in [2.45, 2.75) is 13.1 Å². The summed E-state index contributed by atoms with van der Waals surface area (Å²) in [5, 5.41) is 0. The molecule has 0 saturated carbocycles. The van der Waals surface area contributed by atoms with E-state index in [0.29, 0.717) is 19.6 Å². The lowest BCUT2D eigenvalue weighted by molar-refractivity contribution is -0.136. The van der Waals surface area contributed by atoms with Gasteiger partial charge in [0, 0.05) is 19.6 Å². The fourth-order valence-corrected chi connectivity index (χ4v) is 3.30. The average molecular weight is 350 g/mol. The monoisotopic (exact) mass is 350 g/mol. The van der Waals surface area contributed by atoms with E-state index < -0.39 is 0 Å². The van der Waals surface area contributed by atoms with Crippen LogP contribution in [0.15, 0.2) is 48.5 Å². The van der Waals surface area contributed by atoms with Crippen molar-refractivity contribution < 1.29 is 9.53 Å². The number of amides is 1. The summed E-state index contributed by atoms with van der Waals surface area (Å²) < 4.78 is 5.18. The number of imidazole rings is 1. The fraction of sp³-hybridized carbons (Fsp3) is 0.300. The van der Waals surface area contributed by atoms with E-state index in [1.54, 1.807) is 7.11 Å². The molecule has 0 unspecified atom stereocenters. The summed E-state index contributed by atoms with van der Waals surface area (Å²) in [6, 6.07) is 15.9. The van der Waals surface area contributed by atoms with Gasteiger partial charge in [0.05, 0.1) is 31.2 Å². The van der Waals surface area contributed by atoms with Crippen LogP contribution in [0.1, 0.15) is 11.4 Å². The first-order valence-electron chi connectivity index (χ1n) is 8.78. The summed E-state index contributed by atoms with van der Waals surface area (Å²) in [5.74, 6) is 1.89. The molecule has 6 heteroatoms. The van der Waals surface area contributed by atoms with E-state index >= 15 is 0 Å². The van der Waals surface area contributed by atoms with Crippen LogP contribution in [0, 0.1) is 0 Å². The van der Waals surface area contributed by atoms with Crippen LogP contribution in [-0.4, -0.2) is 52.4 Å². The van der Waals surface area contributed by atoms with Crippen molar-refractivity contribution in [3.8, 4) is 5.75 Å². The van der Waals surface area contributed by atoms with Gasteiger partial charge in [0.2, 0.25) is 5.91 Å². The molecule has 2 aromatic carbocycles. The Labute approximate surface area is 152 Å². The van der Waals surface area contributed by atoms with Gasteiger partial charge in [-0.25, -0.2) is 4.98 Å². The van der Waals surface area contributed by atoms with Gasteiger partial charge in [-0.3, -0.25) is 9.69 Å². The number of carbonyl (C=O) groups is 1. The number of aromatic amines is 1. The minimum Gasteiger partial charge on any atom is -0.497 e. The maximum atomic E-state index is 12.5. The largest absolute Gasteiger partial charge is 0.497 e. The second-order valence-corrected chi connectivity index (χ2v) is 6.57. The Hall–Kier alpha value is -2.86. The molecular formula is C20H22N4O2. The molecule has 0 atom stereocenters. The molecule has 2 heterocycles. The number of benzene rings is 2. The van der Waals surface area contributed by atoms with Crippen LogP contribution in [0.3, 0.4) is 0 Å². The van der Waals surface area contributed by atoms with Gasteiger partial charge >= 0.3 is 0 Å². The van der Waals surface area contributed by atoms with E-state index in [9.17, 15) is 4.79 Å². The molecule has 1 saturated heterocycles. The summed E-state index contributed by atoms with van der Waals surface area (Å²) in [5.41, 5.74) is 3.11. The van der Waals surface area contributed by atoms with E-state index in [1.807, 2.05) is 53.4 Å². The third-order valence-corrected chi connectivity index (χ3v) is 4.74. The lowest BCUT2D eigenvalue weighted by atomic mass is 10.2. The molecule has 0 radical (unpaired) electrons. The van der Waals surface area contributed by atoms with E-state index in [4.69, 9.17) is 4.74 Å². The van der Waals surface area contributed by atoms with Crippen LogP contribution < -0.4 is 4.74 Å². The summed E-state index contributed by atoms with van der Waals surface area (Å²) >= 11 is 0. The second-order valence-electron chi connectivity index (χ2n) is 6.57. The van der Waals surface area contributed by atoms with Crippen molar-refractivity contribution >= 4 is 16.9 Å². The normalized spacial score (nSPS) is 15.6. The third-order valence-electron chi connectivity index (χ3n) is 4.74. The Morgan fingerprint density at radius 3 is 2.62 bits per heavy atom. The van der Waals surface area contributed by atoms with Gasteiger partial charge in [-0.15, -0.1) is 0 Å². The van der Waals surface area contributed by atoms with Crippen LogP contribution in [0.5, 0.6) is 5.75 Å². The van der Waals surface area contributed by atoms with Gasteiger partial charge in [0.1, 0.15) is 11.6 Å². The predicted octanol–water partition coefficient (Wildman–Crippen LogP) is 2.42. The first kappa shape index (κ1) is 16.6. The molecule has 134 valence electrons. The van der Waals surface area contributed by atoms with E-state index in [0.717, 1.165) is 41.3 Å². The number of piperazine rings is 1. The summed E-state index contributed by atoms with van der Waals surface area (Å²) in [6.07, 6.45) is 0. The number of hydrogen-bond donors (Lipinski definition) is 1. The Bertz CT molecular complexity index is 871. The lowest BCUT2D eigenvalue weighted by Crippen LogP contribution is -2.49. The first-order valence-corrected chi connectivity index (χ1v) is 8.78. The molecule has 1 aliphatic rings. The van der Waals surface area contributed by atoms with Crippen LogP contribution in [0.2, 0.25) is 0 Å². The topological polar surface area (TPSA) is 61.5 Å². The van der Waals surface area contributed by atoms with Crippen molar-refractivity contribution in [1.29, 1.82) is 0 Å². The van der Waals surface area contributed by atoms with Crippen LogP contribution >= 0.6 is 0 Å². The fourth-order valence-electron chi connectivity index (χ4n) is 3.30. The zero-order valence-corrected chi connectivity index (χ0v) is 14.8. The minimum atomic E-state index is 0.156. The number of fused-ring (bicyclic) bond motifs is 1. The van der Waals surface area contributed by atoms with Crippen LogP contribution in [0.25, 0.3) is 11.0 Å². The molecule has 6 nitrogen and oxygen atoms in total. The van der Waals surface area contributed by atoms with Crippen LogP contribution in [-0.2, 0) is 17.9 Å². The Morgan fingerprint density at radius 2 is 1.88 bits per heavy atom. The van der Waals surface area contributed by atoms with Gasteiger partial charge in [-0.05, 0) is 29.8 Å². The van der Waals surface area contributed by atoms with Crippen LogP contribution in [0.4, 0.5) is 0 Å². The highest BCUT2D eigenvalue weighted by Gasteiger charge is 2.24. The molecule has 1 amide bonds. The highest BCUT2D eigenvalue weighted by atomic mass is 16.5. The molecule has 1 aliphatic heterocycles. The van der Waals surface area contributed by atoms with Crippen molar-refractivity contribution in [1.82, 2.24) is 19.8 Å². The smallest absolute Gasteiger partial charge is 0.237 e. The molecular weight excluding hydrogens is 328 g/mol. The highest BCUT2D eigenvalue weighted by Crippen LogP contribution is 2.16. The number of para-hydroxylation sites is 2. The van der Waals surface area contributed by atoms with Crippen molar-refractivity contribution in [2.75, 3.05) is 26.7 Å². The van der Waals surface area contributed by atoms with Crippen molar-refractivity contribution in [3.05, 3.63) is 59.9 Å². The maximum Gasteiger partial charge on any atom is 0.237 e. The predicted molar refractivity (Wildman–Crippen MR) is 99.8 cm³/mol. The molecule has 0 aliphatic carbocycles. The number of aromatic nitrogens is 2. The third kappa shape index (κ3) is 3.55. The highest BCUT2D eigenvalue weighted by molar-refractivity contribution is 5.79. The van der Waals surface area contributed by atoms with Crippen molar-refractivity contribution in [2.24, 2.45) is 0 Å². The number of hydrogen-bond acceptors (Lipinski definition) is 4. The Balaban J connectivity index is 1.36. The molecule has 1 N–H and O–H groups in total. The van der Waals surface area contributed by atoms with Gasteiger partial charge in [-0.1, -0.05) is 24.3 Å². The molecule has 0 spiro atoms. The van der Waals surface area contributed by atoms with Gasteiger partial charge in [0.15, 0.2) is 0 Å². The van der Waals surface area contributed by atoms with E-state index in [2.05, 4.69) is 14.9 Å². The number of ether oxygens (including phenoxy) is 1. The quantitative estimate of drug-likeness (QED) is 0.768. The molecule has 0 bridgehead atoms. The summed E-state index contributed by atoms with van der Waals surface area (Å²) in [6.45, 7) is 3.30. The van der Waals surface area contributed by atoms with Gasteiger partial charge in [0.25, 0.3) is 0 Å². The number of methoxy groups -OCH3 is 1. The van der Waals surface area contributed by atoms with Crippen molar-refractivity contribution in [3.63, 3.8) is 0 Å². The second kappa shape index (κ2) is 7.17. The lowest BCUT2D eigenvalue weighted by Gasteiger charge is -2.34. The molecule has 1 fully saturated rings. The number of nitrogens with zero attached hydrogens (tertiary/aromatic N) is 3. The standard InChI is InChI=1S/C20H22N4O2/c1-26-16-8-6-15(7-9-16)12-24-11-10-23(14-20(24)25)13-19-21-17-4-2-3-5-18(17)22-19/h2-9H,10-14H2,1H3,(H,21,22). The van der Waals surface area contributed by atoms with Gasteiger partial charge < -0.3 is 14.6 Å². The summed E-state index contributed by atoms with van der Waals surface area (Å²) in [4.78, 5) is 24.5. The molecule has 26 heavy (non-hydrogen) atoms. The minimum absolute atomic E-state index is 0.156. The molecule has 1 aromatic heterocycles. The maximum absolute atomic E-state index is 12.5. The average Bonchev–Trinajstić information content (AvgIpc) is 3.07. The first-order chi connectivity index (χ1) is 12.7. The Kier molecular flexibility index (Phi) is 4.58. The number of nitrogens with one attached hydrogen (secondary N) is 1. The molecule has 4 rings (SSSR count). The zero-order valence-electron chi connectivity index (χ0n) is 14.8. The zero-order chi connectivity index (χ0) is 17.9. The Morgan fingerprint density at radius 1 is 1.08 bits per heavy atom. The van der Waals surface area contributed by atoms with E-state index in [1.165, 1.54) is 0 Å². The number of carbonyl (C=O) groups excluding carboxylic acids is 1. The summed E-state index contributed by atoms with van der Waals surface area (Å²) in [7, 11) is 1.65.